The highest BCUT2D eigenvalue weighted by atomic mass is 16.5. The largest absolute Gasteiger partial charge is 0.463 e. The van der Waals surface area contributed by atoms with Crippen LogP contribution in [0.3, 0.4) is 0 Å². The molecule has 31 heavy (non-hydrogen) atoms. The number of carbonyl (C=O) groups excluding carboxylic acids is 2. The highest BCUT2D eigenvalue weighted by Gasteiger charge is 2.62. The Balaban J connectivity index is 1.59. The predicted molar refractivity (Wildman–Crippen MR) is 118 cm³/mol. The van der Waals surface area contributed by atoms with Crippen molar-refractivity contribution >= 4 is 11.9 Å². The van der Waals surface area contributed by atoms with Crippen molar-refractivity contribution in [2.45, 2.75) is 91.8 Å². The number of allylic oxidation sites excluding steroid dienone is 1. The fourth-order valence-corrected chi connectivity index (χ4v) is 8.62. The summed E-state index contributed by atoms with van der Waals surface area (Å²) in [4.78, 5) is 23.1. The van der Waals surface area contributed by atoms with E-state index in [1.54, 1.807) is 0 Å². The summed E-state index contributed by atoms with van der Waals surface area (Å²) in [5, 5.41) is 10.2. The fraction of sp³-hybridized carbons (Fsp3) is 0.846. The van der Waals surface area contributed by atoms with Gasteiger partial charge in [-0.25, -0.2) is 0 Å². The third kappa shape index (κ3) is 3.75. The molecule has 0 aromatic carbocycles. The SMILES string of the molecule is CC(=O)OC(C)[C@H]1[C@H](CO)C[C@H]2[C@@H]3CC=C4C[C@@H](OC(C)=O)CC[C@]4(C)[C@H]3CC[C@@]21C. The molecule has 4 rings (SSSR count). The van der Waals surface area contributed by atoms with Crippen molar-refractivity contribution in [2.75, 3.05) is 6.61 Å². The van der Waals surface area contributed by atoms with Gasteiger partial charge in [-0.05, 0) is 80.0 Å². The highest BCUT2D eigenvalue weighted by molar-refractivity contribution is 5.66. The maximum atomic E-state index is 11.7. The number of ether oxygens (including phenoxy) is 2. The van der Waals surface area contributed by atoms with Crippen LogP contribution >= 0.6 is 0 Å². The van der Waals surface area contributed by atoms with E-state index in [2.05, 4.69) is 19.9 Å². The second-order valence-electron chi connectivity index (χ2n) is 11.3. The lowest BCUT2D eigenvalue weighted by Crippen LogP contribution is -2.51. The molecule has 4 aliphatic carbocycles. The van der Waals surface area contributed by atoms with Gasteiger partial charge in [-0.1, -0.05) is 25.5 Å². The van der Waals surface area contributed by atoms with Crippen LogP contribution in [-0.4, -0.2) is 35.9 Å². The molecule has 3 fully saturated rings. The molecule has 0 aromatic rings. The van der Waals surface area contributed by atoms with Gasteiger partial charge >= 0.3 is 11.9 Å². The summed E-state index contributed by atoms with van der Waals surface area (Å²) < 4.78 is 11.2. The Hall–Kier alpha value is -1.36. The predicted octanol–water partition coefficient (Wildman–Crippen LogP) is 4.67. The normalized spacial score (nSPS) is 44.9. The third-order valence-electron chi connectivity index (χ3n) is 9.75. The van der Waals surface area contributed by atoms with Crippen molar-refractivity contribution in [3.05, 3.63) is 11.6 Å². The van der Waals surface area contributed by atoms with Gasteiger partial charge in [0.15, 0.2) is 0 Å². The van der Waals surface area contributed by atoms with Gasteiger partial charge in [-0.3, -0.25) is 9.59 Å². The van der Waals surface area contributed by atoms with Crippen molar-refractivity contribution in [1.82, 2.24) is 0 Å². The Bertz CT molecular complexity index is 759. The molecule has 0 aliphatic heterocycles. The number of hydrogen-bond acceptors (Lipinski definition) is 5. The average molecular weight is 433 g/mol. The van der Waals surface area contributed by atoms with Gasteiger partial charge in [0.25, 0.3) is 0 Å². The summed E-state index contributed by atoms with van der Waals surface area (Å²) in [7, 11) is 0. The molecule has 0 heterocycles. The maximum absolute atomic E-state index is 11.7. The molecule has 5 nitrogen and oxygen atoms in total. The molecule has 5 heteroatoms. The summed E-state index contributed by atoms with van der Waals surface area (Å²) in [6.07, 6.45) is 9.66. The van der Waals surface area contributed by atoms with Gasteiger partial charge in [0, 0.05) is 32.8 Å². The first kappa shape index (κ1) is 22.8. The number of aliphatic hydroxyl groups excluding tert-OH is 1. The van der Waals surface area contributed by atoms with Gasteiger partial charge in [-0.15, -0.1) is 0 Å². The monoisotopic (exact) mass is 432 g/mol. The Morgan fingerprint density at radius 3 is 2.55 bits per heavy atom. The van der Waals surface area contributed by atoms with E-state index in [0.29, 0.717) is 17.8 Å². The van der Waals surface area contributed by atoms with Crippen molar-refractivity contribution in [3.63, 3.8) is 0 Å². The van der Waals surface area contributed by atoms with Crippen LogP contribution in [0.2, 0.25) is 0 Å². The van der Waals surface area contributed by atoms with E-state index in [-0.39, 0.29) is 53.4 Å². The molecule has 9 atom stereocenters. The quantitative estimate of drug-likeness (QED) is 0.516. The maximum Gasteiger partial charge on any atom is 0.302 e. The van der Waals surface area contributed by atoms with Gasteiger partial charge < -0.3 is 14.6 Å². The van der Waals surface area contributed by atoms with E-state index in [1.165, 1.54) is 25.8 Å². The number of rotatable bonds is 4. The van der Waals surface area contributed by atoms with Crippen molar-refractivity contribution in [3.8, 4) is 0 Å². The minimum absolute atomic E-state index is 0.0291. The first-order chi connectivity index (χ1) is 14.6. The van der Waals surface area contributed by atoms with E-state index < -0.39 is 0 Å². The second kappa shape index (κ2) is 8.20. The third-order valence-corrected chi connectivity index (χ3v) is 9.75. The van der Waals surface area contributed by atoms with E-state index in [4.69, 9.17) is 9.47 Å². The van der Waals surface area contributed by atoms with Crippen LogP contribution in [0.5, 0.6) is 0 Å². The molecule has 4 aliphatic rings. The summed E-state index contributed by atoms with van der Waals surface area (Å²) >= 11 is 0. The van der Waals surface area contributed by atoms with Gasteiger partial charge in [-0.2, -0.15) is 0 Å². The molecule has 0 amide bonds. The van der Waals surface area contributed by atoms with E-state index in [9.17, 15) is 14.7 Å². The Morgan fingerprint density at radius 1 is 1.16 bits per heavy atom. The zero-order valence-corrected chi connectivity index (χ0v) is 19.9. The molecule has 0 aromatic heterocycles. The van der Waals surface area contributed by atoms with Crippen molar-refractivity contribution < 1.29 is 24.2 Å². The summed E-state index contributed by atoms with van der Waals surface area (Å²) in [5.74, 6) is 1.81. The van der Waals surface area contributed by atoms with Crippen LogP contribution < -0.4 is 0 Å². The smallest absolute Gasteiger partial charge is 0.302 e. The van der Waals surface area contributed by atoms with Crippen molar-refractivity contribution in [1.29, 1.82) is 0 Å². The van der Waals surface area contributed by atoms with Crippen LogP contribution in [0, 0.1) is 40.4 Å². The van der Waals surface area contributed by atoms with E-state index in [1.807, 2.05) is 6.92 Å². The Labute approximate surface area is 186 Å². The molecule has 174 valence electrons. The Morgan fingerprint density at radius 2 is 1.90 bits per heavy atom. The zero-order valence-electron chi connectivity index (χ0n) is 19.9. The van der Waals surface area contributed by atoms with E-state index in [0.717, 1.165) is 38.5 Å². The van der Waals surface area contributed by atoms with Gasteiger partial charge in [0.2, 0.25) is 0 Å². The van der Waals surface area contributed by atoms with Crippen LogP contribution in [0.25, 0.3) is 0 Å². The van der Waals surface area contributed by atoms with Gasteiger partial charge in [0.05, 0.1) is 0 Å². The summed E-state index contributed by atoms with van der Waals surface area (Å²) in [6, 6.07) is 0. The lowest BCUT2D eigenvalue weighted by atomic mass is 9.47. The van der Waals surface area contributed by atoms with Gasteiger partial charge in [0.1, 0.15) is 12.2 Å². The number of esters is 2. The molecular weight excluding hydrogens is 392 g/mol. The lowest BCUT2D eigenvalue weighted by molar-refractivity contribution is -0.155. The number of aliphatic hydroxyl groups is 1. The second-order valence-corrected chi connectivity index (χ2v) is 11.3. The van der Waals surface area contributed by atoms with Crippen LogP contribution in [0.1, 0.15) is 79.6 Å². The molecule has 0 saturated heterocycles. The molecule has 0 bridgehead atoms. The van der Waals surface area contributed by atoms with Crippen LogP contribution in [0.4, 0.5) is 0 Å². The first-order valence-corrected chi connectivity index (χ1v) is 12.2. The zero-order chi connectivity index (χ0) is 22.6. The van der Waals surface area contributed by atoms with Crippen molar-refractivity contribution in [2.24, 2.45) is 40.4 Å². The Kier molecular flexibility index (Phi) is 6.04. The molecular formula is C26H40O5. The average Bonchev–Trinajstić information content (AvgIpc) is 3.00. The van der Waals surface area contributed by atoms with Crippen LogP contribution in [-0.2, 0) is 19.1 Å². The molecule has 0 spiro atoms. The lowest BCUT2D eigenvalue weighted by Gasteiger charge is -2.58. The molecule has 1 unspecified atom stereocenters. The molecule has 1 N–H and O–H groups in total. The molecule has 3 saturated carbocycles. The van der Waals surface area contributed by atoms with Crippen LogP contribution in [0.15, 0.2) is 11.6 Å². The van der Waals surface area contributed by atoms with E-state index >= 15 is 0 Å². The highest BCUT2D eigenvalue weighted by Crippen LogP contribution is 2.67. The molecule has 0 radical (unpaired) electrons. The number of carbonyl (C=O) groups is 2. The minimum atomic E-state index is -0.229. The fourth-order valence-electron chi connectivity index (χ4n) is 8.62. The number of hydrogen-bond donors (Lipinski definition) is 1. The number of fused-ring (bicyclic) bond motifs is 5. The minimum Gasteiger partial charge on any atom is -0.463 e. The topological polar surface area (TPSA) is 72.8 Å². The summed E-state index contributed by atoms with van der Waals surface area (Å²) in [6.45, 7) is 10.0. The standard InChI is InChI=1S/C26H40O5/c1-15(30-16(2)28)24-18(14-27)12-23-21-7-6-19-13-20(31-17(3)29)8-10-25(19,4)22(21)9-11-26(23,24)5/h6,15,18,20-24,27H,7-14H2,1-5H3/t15?,18-,20-,21+,22-,23-,24-,25-,26-/m0/s1. The summed E-state index contributed by atoms with van der Waals surface area (Å²) in [5.41, 5.74) is 1.78. The first-order valence-electron chi connectivity index (χ1n) is 12.2.